The first-order valence-electron chi connectivity index (χ1n) is 4.67. The van der Waals surface area contributed by atoms with Gasteiger partial charge in [0.25, 0.3) is 0 Å². The molecule has 3 nitrogen and oxygen atoms in total. The summed E-state index contributed by atoms with van der Waals surface area (Å²) in [6, 6.07) is 0. The van der Waals surface area contributed by atoms with Gasteiger partial charge in [0.05, 0.1) is 13.2 Å². The molecule has 0 radical (unpaired) electrons. The van der Waals surface area contributed by atoms with Crippen molar-refractivity contribution in [1.82, 2.24) is 0 Å². The Balaban J connectivity index is 4.07. The van der Waals surface area contributed by atoms with Crippen LogP contribution in [0.5, 0.6) is 0 Å². The van der Waals surface area contributed by atoms with E-state index >= 15 is 0 Å². The average molecular weight is 218 g/mol. The first-order chi connectivity index (χ1) is 6.60. The molecule has 0 atom stereocenters. The molecule has 0 aliphatic rings. The molecule has 0 amide bonds. The van der Waals surface area contributed by atoms with Gasteiger partial charge in [-0.2, -0.15) is 0 Å². The molecule has 0 aromatic carbocycles. The first-order valence-corrected chi connectivity index (χ1v) is 5.77. The summed E-state index contributed by atoms with van der Waals surface area (Å²) in [5.41, 5.74) is 0.949. The van der Waals surface area contributed by atoms with Gasteiger partial charge in [-0.15, -0.1) is 0 Å². The third-order valence-corrected chi connectivity index (χ3v) is 2.51. The third kappa shape index (κ3) is 7.07. The molecule has 0 rings (SSSR count). The molecular formula is C10H19O3P. The summed E-state index contributed by atoms with van der Waals surface area (Å²) in [6.45, 7) is 12.5. The maximum Gasteiger partial charge on any atom is 0.396 e. The van der Waals surface area contributed by atoms with Crippen molar-refractivity contribution in [2.24, 2.45) is 0 Å². The van der Waals surface area contributed by atoms with E-state index in [9.17, 15) is 0 Å². The molecule has 0 unspecified atom stereocenters. The molecule has 0 fully saturated rings. The highest BCUT2D eigenvalue weighted by atomic mass is 31.2. The molecule has 0 aliphatic carbocycles. The Labute approximate surface area is 87.7 Å². The fraction of sp³-hybridized carbons (Fsp3) is 0.600. The third-order valence-electron chi connectivity index (χ3n) is 1.14. The van der Waals surface area contributed by atoms with Crippen LogP contribution in [0.4, 0.5) is 0 Å². The Kier molecular flexibility index (Phi) is 7.77. The van der Waals surface area contributed by atoms with Gasteiger partial charge in [-0.05, 0) is 33.8 Å². The lowest BCUT2D eigenvalue weighted by molar-refractivity contribution is 0.198. The fourth-order valence-electron chi connectivity index (χ4n) is 0.792. The predicted octanol–water partition coefficient (Wildman–Crippen LogP) is 3.78. The topological polar surface area (TPSA) is 27.7 Å². The van der Waals surface area contributed by atoms with E-state index in [4.69, 9.17) is 13.6 Å². The van der Waals surface area contributed by atoms with Crippen LogP contribution in [0.2, 0.25) is 0 Å². The molecule has 0 N–H and O–H groups in total. The maximum absolute atomic E-state index is 5.46. The summed E-state index contributed by atoms with van der Waals surface area (Å²) in [5.74, 6) is 0.769. The van der Waals surface area contributed by atoms with Gasteiger partial charge in [0.2, 0.25) is 0 Å². The fourth-order valence-corrected chi connectivity index (χ4v) is 1.68. The van der Waals surface area contributed by atoms with Crippen molar-refractivity contribution >= 4 is 8.60 Å². The normalized spacial score (nSPS) is 11.9. The lowest BCUT2D eigenvalue weighted by Crippen LogP contribution is -1.94. The molecule has 0 saturated heterocycles. The largest absolute Gasteiger partial charge is 0.432 e. The highest BCUT2D eigenvalue weighted by Gasteiger charge is 2.11. The van der Waals surface area contributed by atoms with Crippen molar-refractivity contribution in [3.63, 3.8) is 0 Å². The van der Waals surface area contributed by atoms with Crippen LogP contribution in [0.1, 0.15) is 27.7 Å². The van der Waals surface area contributed by atoms with Gasteiger partial charge < -0.3 is 13.6 Å². The second-order valence-electron chi connectivity index (χ2n) is 2.75. The van der Waals surface area contributed by atoms with E-state index in [1.165, 1.54) is 0 Å². The van der Waals surface area contributed by atoms with E-state index in [-0.39, 0.29) is 0 Å². The van der Waals surface area contributed by atoms with Crippen LogP contribution in [0.25, 0.3) is 0 Å². The Bertz CT molecular complexity index is 196. The van der Waals surface area contributed by atoms with Gasteiger partial charge in [0.15, 0.2) is 0 Å². The van der Waals surface area contributed by atoms with E-state index in [0.29, 0.717) is 13.2 Å². The maximum atomic E-state index is 5.46. The van der Waals surface area contributed by atoms with Gasteiger partial charge in [-0.3, -0.25) is 0 Å². The Morgan fingerprint density at radius 2 is 1.71 bits per heavy atom. The highest BCUT2D eigenvalue weighted by Crippen LogP contribution is 2.41. The standard InChI is InChI=1S/C10H19O3P/c1-6-11-14(12-7-2)13-10(5)8-9(3)4/h8H,3,6-7H2,1-2,4-5H3/b10-8-. The van der Waals surface area contributed by atoms with E-state index in [2.05, 4.69) is 6.58 Å². The number of allylic oxidation sites excluding steroid dienone is 3. The summed E-state index contributed by atoms with van der Waals surface area (Å²) < 4.78 is 16.0. The first kappa shape index (κ1) is 13.6. The van der Waals surface area contributed by atoms with E-state index < -0.39 is 8.60 Å². The summed E-state index contributed by atoms with van der Waals surface area (Å²) in [7, 11) is -1.24. The Morgan fingerprint density at radius 1 is 1.21 bits per heavy atom. The minimum absolute atomic E-state index is 0.589. The molecule has 0 aliphatic heterocycles. The molecule has 14 heavy (non-hydrogen) atoms. The van der Waals surface area contributed by atoms with Crippen molar-refractivity contribution in [1.29, 1.82) is 0 Å². The van der Waals surface area contributed by atoms with E-state index in [1.807, 2.05) is 33.8 Å². The molecule has 0 aromatic rings. The summed E-state index contributed by atoms with van der Waals surface area (Å²) in [4.78, 5) is 0. The van der Waals surface area contributed by atoms with Crippen LogP contribution >= 0.6 is 8.60 Å². The van der Waals surface area contributed by atoms with Crippen LogP contribution in [-0.2, 0) is 13.6 Å². The monoisotopic (exact) mass is 218 g/mol. The van der Waals surface area contributed by atoms with Crippen molar-refractivity contribution in [2.75, 3.05) is 13.2 Å². The predicted molar refractivity (Wildman–Crippen MR) is 59.8 cm³/mol. The quantitative estimate of drug-likeness (QED) is 0.369. The van der Waals surface area contributed by atoms with Crippen molar-refractivity contribution < 1.29 is 13.6 Å². The lowest BCUT2D eigenvalue weighted by atomic mass is 10.3. The zero-order valence-electron chi connectivity index (χ0n) is 9.37. The molecule has 82 valence electrons. The van der Waals surface area contributed by atoms with Crippen molar-refractivity contribution in [3.8, 4) is 0 Å². The minimum atomic E-state index is -1.24. The van der Waals surface area contributed by atoms with Crippen molar-refractivity contribution in [2.45, 2.75) is 27.7 Å². The SMILES string of the molecule is C=C(C)/C=C(/C)OP(OCC)OCC. The molecule has 0 aromatic heterocycles. The van der Waals surface area contributed by atoms with Crippen LogP contribution in [0, 0.1) is 0 Å². The van der Waals surface area contributed by atoms with Crippen LogP contribution < -0.4 is 0 Å². The van der Waals surface area contributed by atoms with Crippen LogP contribution in [-0.4, -0.2) is 13.2 Å². The smallest absolute Gasteiger partial charge is 0.396 e. The summed E-state index contributed by atoms with van der Waals surface area (Å²) in [5, 5.41) is 0. The van der Waals surface area contributed by atoms with Crippen LogP contribution in [0.3, 0.4) is 0 Å². The van der Waals surface area contributed by atoms with Gasteiger partial charge in [-0.25, -0.2) is 0 Å². The van der Waals surface area contributed by atoms with Gasteiger partial charge in [0.1, 0.15) is 5.76 Å². The number of hydrogen-bond acceptors (Lipinski definition) is 3. The molecular weight excluding hydrogens is 199 g/mol. The molecule has 0 bridgehead atoms. The van der Waals surface area contributed by atoms with E-state index in [1.54, 1.807) is 0 Å². The Morgan fingerprint density at radius 3 is 2.07 bits per heavy atom. The van der Waals surface area contributed by atoms with Gasteiger partial charge >= 0.3 is 8.60 Å². The van der Waals surface area contributed by atoms with Crippen molar-refractivity contribution in [3.05, 3.63) is 24.0 Å². The average Bonchev–Trinajstić information content (AvgIpc) is 2.03. The summed E-state index contributed by atoms with van der Waals surface area (Å²) in [6.07, 6.45) is 1.85. The van der Waals surface area contributed by atoms with Crippen LogP contribution in [0.15, 0.2) is 24.0 Å². The summed E-state index contributed by atoms with van der Waals surface area (Å²) >= 11 is 0. The van der Waals surface area contributed by atoms with Gasteiger partial charge in [0, 0.05) is 0 Å². The zero-order valence-corrected chi connectivity index (χ0v) is 10.3. The molecule has 4 heteroatoms. The Hall–Kier alpha value is -0.370. The second-order valence-corrected chi connectivity index (χ2v) is 3.90. The zero-order chi connectivity index (χ0) is 11.0. The number of hydrogen-bond donors (Lipinski definition) is 0. The van der Waals surface area contributed by atoms with Gasteiger partial charge in [-0.1, -0.05) is 12.2 Å². The lowest BCUT2D eigenvalue weighted by Gasteiger charge is -2.15. The minimum Gasteiger partial charge on any atom is -0.432 e. The van der Waals surface area contributed by atoms with E-state index in [0.717, 1.165) is 11.3 Å². The molecule has 0 spiro atoms. The molecule has 0 heterocycles. The number of rotatable bonds is 7. The second kappa shape index (κ2) is 7.98. The highest BCUT2D eigenvalue weighted by molar-refractivity contribution is 7.41. The molecule has 0 saturated carbocycles.